The Morgan fingerprint density at radius 1 is 1.11 bits per heavy atom. The maximum atomic E-state index is 4.86. The molecule has 1 aromatic carbocycles. The number of aliphatic imine (C=N–C) groups is 1. The van der Waals surface area contributed by atoms with E-state index in [2.05, 4.69) is 65.6 Å². The van der Waals surface area contributed by atoms with Crippen LogP contribution in [0.15, 0.2) is 29.3 Å². The highest BCUT2D eigenvalue weighted by molar-refractivity contribution is 14.0. The Morgan fingerprint density at radius 3 is 2.50 bits per heavy atom. The topological polar surface area (TPSA) is 42.9 Å². The van der Waals surface area contributed by atoms with E-state index in [1.807, 2.05) is 0 Å². The van der Waals surface area contributed by atoms with E-state index in [0.717, 1.165) is 44.5 Å². The van der Waals surface area contributed by atoms with Crippen LogP contribution < -0.4 is 15.5 Å². The molecule has 1 unspecified atom stereocenters. The fourth-order valence-electron chi connectivity index (χ4n) is 4.09. The van der Waals surface area contributed by atoms with Gasteiger partial charge in [-0.3, -0.25) is 4.99 Å². The van der Waals surface area contributed by atoms with Crippen molar-refractivity contribution >= 4 is 35.6 Å². The van der Waals surface area contributed by atoms with E-state index in [-0.39, 0.29) is 24.0 Å². The molecule has 5 nitrogen and oxygen atoms in total. The molecule has 2 fully saturated rings. The Balaban J connectivity index is 0.00000280. The number of piperidine rings is 1. The molecule has 158 valence electrons. The summed E-state index contributed by atoms with van der Waals surface area (Å²) in [5.41, 5.74) is 2.65. The molecule has 2 aliphatic rings. The van der Waals surface area contributed by atoms with Crippen molar-refractivity contribution in [2.45, 2.75) is 45.6 Å². The second kappa shape index (κ2) is 11.9. The average molecular weight is 499 g/mol. The van der Waals surface area contributed by atoms with Crippen molar-refractivity contribution in [1.82, 2.24) is 15.5 Å². The summed E-state index contributed by atoms with van der Waals surface area (Å²) in [6, 6.07) is 9.33. The van der Waals surface area contributed by atoms with Gasteiger partial charge in [0.25, 0.3) is 0 Å². The van der Waals surface area contributed by atoms with Gasteiger partial charge in [0.15, 0.2) is 5.96 Å². The molecular weight excluding hydrogens is 461 g/mol. The van der Waals surface area contributed by atoms with Crippen LogP contribution in [-0.4, -0.2) is 63.2 Å². The van der Waals surface area contributed by atoms with E-state index in [1.165, 1.54) is 43.6 Å². The Kier molecular flexibility index (Phi) is 9.85. The summed E-state index contributed by atoms with van der Waals surface area (Å²) in [5, 5.41) is 7.09. The first kappa shape index (κ1) is 23.3. The van der Waals surface area contributed by atoms with Gasteiger partial charge < -0.3 is 20.4 Å². The van der Waals surface area contributed by atoms with E-state index >= 15 is 0 Å². The van der Waals surface area contributed by atoms with Crippen molar-refractivity contribution in [3.05, 3.63) is 29.8 Å². The SMILES string of the molecule is CCNC(=NCCC1CCN(C)CC1)NC1CCN(c2ccc(C)cc2)C1.I. The molecule has 0 radical (unpaired) electrons. The first-order chi connectivity index (χ1) is 13.1. The number of likely N-dealkylation sites (tertiary alicyclic amines) is 1. The molecule has 0 saturated carbocycles. The first-order valence-electron chi connectivity index (χ1n) is 10.7. The fourth-order valence-corrected chi connectivity index (χ4v) is 4.09. The number of aryl methyl sites for hydroxylation is 1. The molecule has 2 aliphatic heterocycles. The molecular formula is C22H38IN5. The van der Waals surface area contributed by atoms with Gasteiger partial charge >= 0.3 is 0 Å². The second-order valence-corrected chi connectivity index (χ2v) is 8.21. The predicted molar refractivity (Wildman–Crippen MR) is 131 cm³/mol. The fraction of sp³-hybridized carbons (Fsp3) is 0.682. The molecule has 2 heterocycles. The standard InChI is InChI=1S/C22H37N5.HI/c1-4-23-22(24-13-9-19-10-14-26(3)15-11-19)25-20-12-16-27(17-20)21-7-5-18(2)6-8-21;/h5-8,19-20H,4,9-17H2,1-3H3,(H2,23,24,25);1H. The van der Waals surface area contributed by atoms with Crippen molar-refractivity contribution in [3.8, 4) is 0 Å². The number of hydrogen-bond donors (Lipinski definition) is 2. The van der Waals surface area contributed by atoms with Crippen LogP contribution in [-0.2, 0) is 0 Å². The Bertz CT molecular complexity index is 595. The van der Waals surface area contributed by atoms with Crippen LogP contribution in [0.3, 0.4) is 0 Å². The highest BCUT2D eigenvalue weighted by atomic mass is 127. The van der Waals surface area contributed by atoms with E-state index in [4.69, 9.17) is 4.99 Å². The maximum absolute atomic E-state index is 4.86. The minimum Gasteiger partial charge on any atom is -0.369 e. The number of halogens is 1. The van der Waals surface area contributed by atoms with Crippen LogP contribution >= 0.6 is 24.0 Å². The summed E-state index contributed by atoms with van der Waals surface area (Å²) in [6.45, 7) is 10.8. The zero-order chi connectivity index (χ0) is 19.1. The van der Waals surface area contributed by atoms with Gasteiger partial charge in [0, 0.05) is 37.9 Å². The number of anilines is 1. The van der Waals surface area contributed by atoms with Gasteiger partial charge in [-0.05, 0) is 77.7 Å². The van der Waals surface area contributed by atoms with Gasteiger partial charge in [-0.2, -0.15) is 0 Å². The smallest absolute Gasteiger partial charge is 0.191 e. The van der Waals surface area contributed by atoms with Crippen molar-refractivity contribution < 1.29 is 0 Å². The Hall–Kier alpha value is -1.02. The molecule has 28 heavy (non-hydrogen) atoms. The van der Waals surface area contributed by atoms with Crippen molar-refractivity contribution in [1.29, 1.82) is 0 Å². The molecule has 0 aromatic heterocycles. The van der Waals surface area contributed by atoms with E-state index in [1.54, 1.807) is 0 Å². The molecule has 1 atom stereocenters. The third-order valence-electron chi connectivity index (χ3n) is 5.92. The first-order valence-corrected chi connectivity index (χ1v) is 10.7. The largest absolute Gasteiger partial charge is 0.369 e. The van der Waals surface area contributed by atoms with Gasteiger partial charge in [0.1, 0.15) is 0 Å². The lowest BCUT2D eigenvalue weighted by Gasteiger charge is -2.28. The van der Waals surface area contributed by atoms with E-state index in [0.29, 0.717) is 6.04 Å². The summed E-state index contributed by atoms with van der Waals surface area (Å²) in [6.07, 6.45) is 5.02. The molecule has 0 aliphatic carbocycles. The zero-order valence-corrected chi connectivity index (χ0v) is 20.1. The Labute approximate surface area is 188 Å². The van der Waals surface area contributed by atoms with Crippen LogP contribution in [0.1, 0.15) is 38.2 Å². The average Bonchev–Trinajstić information content (AvgIpc) is 3.12. The lowest BCUT2D eigenvalue weighted by Crippen LogP contribution is -2.44. The third-order valence-corrected chi connectivity index (χ3v) is 5.92. The van der Waals surface area contributed by atoms with Crippen LogP contribution in [0.25, 0.3) is 0 Å². The van der Waals surface area contributed by atoms with E-state index in [9.17, 15) is 0 Å². The quantitative estimate of drug-likeness (QED) is 0.358. The van der Waals surface area contributed by atoms with Gasteiger partial charge in [-0.15, -0.1) is 24.0 Å². The molecule has 0 bridgehead atoms. The minimum absolute atomic E-state index is 0. The number of nitrogens with one attached hydrogen (secondary N) is 2. The highest BCUT2D eigenvalue weighted by Crippen LogP contribution is 2.21. The van der Waals surface area contributed by atoms with Gasteiger partial charge in [-0.1, -0.05) is 17.7 Å². The molecule has 2 N–H and O–H groups in total. The van der Waals surface area contributed by atoms with Crippen LogP contribution in [0.4, 0.5) is 5.69 Å². The molecule has 0 spiro atoms. The number of benzene rings is 1. The molecule has 0 amide bonds. The summed E-state index contributed by atoms with van der Waals surface area (Å²) >= 11 is 0. The zero-order valence-electron chi connectivity index (χ0n) is 17.8. The normalized spacial score (nSPS) is 21.5. The van der Waals surface area contributed by atoms with Crippen molar-refractivity contribution in [2.24, 2.45) is 10.9 Å². The lowest BCUT2D eigenvalue weighted by atomic mass is 9.94. The molecule has 3 rings (SSSR count). The summed E-state index contributed by atoms with van der Waals surface area (Å²) in [5.74, 6) is 1.83. The third kappa shape index (κ3) is 7.10. The van der Waals surface area contributed by atoms with Gasteiger partial charge in [0.2, 0.25) is 0 Å². The van der Waals surface area contributed by atoms with Crippen molar-refractivity contribution in [3.63, 3.8) is 0 Å². The Morgan fingerprint density at radius 2 is 1.82 bits per heavy atom. The summed E-state index contributed by atoms with van der Waals surface area (Å²) in [7, 11) is 2.23. The highest BCUT2D eigenvalue weighted by Gasteiger charge is 2.23. The lowest BCUT2D eigenvalue weighted by molar-refractivity contribution is 0.214. The van der Waals surface area contributed by atoms with E-state index < -0.39 is 0 Å². The van der Waals surface area contributed by atoms with Crippen LogP contribution in [0.2, 0.25) is 0 Å². The van der Waals surface area contributed by atoms with Gasteiger partial charge in [-0.25, -0.2) is 0 Å². The number of guanidine groups is 1. The maximum Gasteiger partial charge on any atom is 0.191 e. The monoisotopic (exact) mass is 499 g/mol. The predicted octanol–water partition coefficient (Wildman–Crippen LogP) is 3.48. The van der Waals surface area contributed by atoms with Crippen LogP contribution in [0.5, 0.6) is 0 Å². The summed E-state index contributed by atoms with van der Waals surface area (Å²) in [4.78, 5) is 9.77. The van der Waals surface area contributed by atoms with Gasteiger partial charge in [0.05, 0.1) is 0 Å². The summed E-state index contributed by atoms with van der Waals surface area (Å²) < 4.78 is 0. The molecule has 1 aromatic rings. The molecule has 2 saturated heterocycles. The minimum atomic E-state index is 0. The number of nitrogens with zero attached hydrogens (tertiary/aromatic N) is 3. The second-order valence-electron chi connectivity index (χ2n) is 8.21. The number of rotatable bonds is 6. The molecule has 6 heteroatoms. The van der Waals surface area contributed by atoms with Crippen molar-refractivity contribution in [2.75, 3.05) is 51.2 Å². The van der Waals surface area contributed by atoms with Crippen LogP contribution in [0, 0.1) is 12.8 Å². The number of hydrogen-bond acceptors (Lipinski definition) is 3.